The molecule has 0 amide bonds. The molecule has 0 fully saturated rings. The zero-order valence-corrected chi connectivity index (χ0v) is 13.7. The molecule has 0 radical (unpaired) electrons. The summed E-state index contributed by atoms with van der Waals surface area (Å²) in [4.78, 5) is 0. The topological polar surface area (TPSA) is 81.1 Å². The Kier molecular flexibility index (Phi) is 3.87. The Morgan fingerprint density at radius 3 is 2.65 bits per heavy atom. The Morgan fingerprint density at radius 2 is 1.96 bits per heavy atom. The normalized spacial score (nSPS) is 11.5. The van der Waals surface area contributed by atoms with E-state index in [9.17, 15) is 5.11 Å². The molecule has 8 heteroatoms. The molecule has 0 aliphatic heterocycles. The zero-order valence-electron chi connectivity index (χ0n) is 12.9. The largest absolute Gasteiger partial charge is 0.507 e. The highest BCUT2D eigenvalue weighted by atomic mass is 35.5. The second-order valence-electron chi connectivity index (χ2n) is 5.15. The number of aromatic hydroxyl groups is 1. The molecule has 118 valence electrons. The number of phenols is 1. The molecular formula is C15H15ClN6O. The van der Waals surface area contributed by atoms with E-state index in [1.54, 1.807) is 28.4 Å². The van der Waals surface area contributed by atoms with Crippen molar-refractivity contribution >= 4 is 17.8 Å². The van der Waals surface area contributed by atoms with Gasteiger partial charge in [-0.05, 0) is 45.0 Å². The van der Waals surface area contributed by atoms with Crippen LogP contribution in [-0.4, -0.2) is 36.0 Å². The number of nitrogens with zero attached hydrogens (tertiary/aromatic N) is 6. The summed E-state index contributed by atoms with van der Waals surface area (Å²) >= 11 is 5.94. The molecule has 0 aliphatic rings. The minimum absolute atomic E-state index is 0.0940. The van der Waals surface area contributed by atoms with Gasteiger partial charge in [-0.1, -0.05) is 11.6 Å². The Balaban J connectivity index is 2.04. The molecule has 3 rings (SSSR count). The Bertz CT molecular complexity index is 896. The Labute approximate surface area is 137 Å². The predicted molar refractivity (Wildman–Crippen MR) is 87.5 cm³/mol. The monoisotopic (exact) mass is 330 g/mol. The summed E-state index contributed by atoms with van der Waals surface area (Å²) in [5.74, 6) is 1.17. The fourth-order valence-corrected chi connectivity index (χ4v) is 2.37. The van der Waals surface area contributed by atoms with Crippen LogP contribution in [0.15, 0.2) is 29.4 Å². The van der Waals surface area contributed by atoms with Gasteiger partial charge in [-0.25, -0.2) is 4.68 Å². The van der Waals surface area contributed by atoms with Crippen LogP contribution in [0.3, 0.4) is 0 Å². The molecule has 23 heavy (non-hydrogen) atoms. The average Bonchev–Trinajstić information content (AvgIpc) is 3.02. The molecule has 1 aromatic carbocycles. The number of phenolic OH excluding ortho intramolecular Hbond substituents is 1. The minimum Gasteiger partial charge on any atom is -0.507 e. The van der Waals surface area contributed by atoms with Crippen LogP contribution in [0.4, 0.5) is 0 Å². The molecule has 0 spiro atoms. The lowest BCUT2D eigenvalue weighted by molar-refractivity contribution is 0.474. The number of hydrogen-bond donors (Lipinski definition) is 1. The number of benzene rings is 1. The van der Waals surface area contributed by atoms with E-state index in [-0.39, 0.29) is 5.75 Å². The lowest BCUT2D eigenvalue weighted by Gasteiger charge is -2.04. The SMILES string of the molecule is Cc1cc(C)n(-c2nnc(C)n2/N=C\c2cc(Cl)ccc2O)n1. The van der Waals surface area contributed by atoms with Gasteiger partial charge in [-0.3, -0.25) is 0 Å². The quantitative estimate of drug-likeness (QED) is 0.748. The van der Waals surface area contributed by atoms with Crippen LogP contribution < -0.4 is 0 Å². The second-order valence-corrected chi connectivity index (χ2v) is 5.58. The van der Waals surface area contributed by atoms with Crippen molar-refractivity contribution in [3.8, 4) is 11.7 Å². The molecule has 0 saturated carbocycles. The third-order valence-corrected chi connectivity index (χ3v) is 3.52. The van der Waals surface area contributed by atoms with Gasteiger partial charge in [0.1, 0.15) is 5.75 Å². The van der Waals surface area contributed by atoms with Crippen molar-refractivity contribution in [2.24, 2.45) is 5.10 Å². The van der Waals surface area contributed by atoms with Gasteiger partial charge in [0.05, 0.1) is 11.9 Å². The first-order chi connectivity index (χ1) is 11.0. The van der Waals surface area contributed by atoms with Crippen molar-refractivity contribution in [3.63, 3.8) is 0 Å². The van der Waals surface area contributed by atoms with E-state index in [2.05, 4.69) is 20.4 Å². The maximum absolute atomic E-state index is 9.86. The van der Waals surface area contributed by atoms with Crippen molar-refractivity contribution in [2.75, 3.05) is 0 Å². The molecule has 2 aromatic heterocycles. The number of hydrogen-bond acceptors (Lipinski definition) is 5. The molecule has 0 saturated heterocycles. The second kappa shape index (κ2) is 5.85. The molecule has 0 bridgehead atoms. The number of halogens is 1. The molecule has 7 nitrogen and oxygen atoms in total. The van der Waals surface area contributed by atoms with Crippen LogP contribution >= 0.6 is 11.6 Å². The summed E-state index contributed by atoms with van der Waals surface area (Å²) in [7, 11) is 0. The lowest BCUT2D eigenvalue weighted by atomic mass is 10.2. The first-order valence-corrected chi connectivity index (χ1v) is 7.32. The van der Waals surface area contributed by atoms with Crippen LogP contribution in [0.5, 0.6) is 5.75 Å². The smallest absolute Gasteiger partial charge is 0.273 e. The van der Waals surface area contributed by atoms with Gasteiger partial charge in [-0.15, -0.1) is 10.2 Å². The predicted octanol–water partition coefficient (Wildman–Crippen LogP) is 2.63. The molecule has 0 unspecified atom stereocenters. The van der Waals surface area contributed by atoms with Gasteiger partial charge in [0.2, 0.25) is 0 Å². The lowest BCUT2D eigenvalue weighted by Crippen LogP contribution is -2.08. The standard InChI is InChI=1S/C15H15ClN6O/c1-9-6-10(2)21(20-9)15-19-18-11(3)22(15)17-8-12-7-13(16)4-5-14(12)23/h4-8,23H,1-3H3/b17-8-. The van der Waals surface area contributed by atoms with Crippen molar-refractivity contribution in [1.29, 1.82) is 0 Å². The first kappa shape index (κ1) is 15.2. The first-order valence-electron chi connectivity index (χ1n) is 6.94. The van der Waals surface area contributed by atoms with Gasteiger partial charge in [0.15, 0.2) is 5.82 Å². The zero-order chi connectivity index (χ0) is 16.6. The molecule has 3 aromatic rings. The van der Waals surface area contributed by atoms with Gasteiger partial charge in [-0.2, -0.15) is 14.9 Å². The van der Waals surface area contributed by atoms with Crippen LogP contribution in [0.1, 0.15) is 22.8 Å². The minimum atomic E-state index is 0.0940. The molecule has 2 heterocycles. The fraction of sp³-hybridized carbons (Fsp3) is 0.200. The molecule has 1 N–H and O–H groups in total. The van der Waals surface area contributed by atoms with E-state index in [1.165, 1.54) is 12.3 Å². The van der Waals surface area contributed by atoms with E-state index in [0.717, 1.165) is 11.4 Å². The van der Waals surface area contributed by atoms with Crippen LogP contribution in [0, 0.1) is 20.8 Å². The maximum atomic E-state index is 9.86. The molecule has 0 aliphatic carbocycles. The summed E-state index contributed by atoms with van der Waals surface area (Å²) in [6, 6.07) is 6.70. The van der Waals surface area contributed by atoms with E-state index in [1.807, 2.05) is 19.9 Å². The summed E-state index contributed by atoms with van der Waals surface area (Å²) in [5, 5.41) is 27.3. The van der Waals surface area contributed by atoms with Crippen molar-refractivity contribution in [1.82, 2.24) is 24.7 Å². The van der Waals surface area contributed by atoms with Gasteiger partial charge < -0.3 is 5.11 Å². The fourth-order valence-electron chi connectivity index (χ4n) is 2.19. The summed E-state index contributed by atoms with van der Waals surface area (Å²) in [6.45, 7) is 5.63. The number of rotatable bonds is 3. The van der Waals surface area contributed by atoms with Gasteiger partial charge in [0, 0.05) is 16.3 Å². The average molecular weight is 331 g/mol. The third kappa shape index (κ3) is 2.95. The molecular weight excluding hydrogens is 316 g/mol. The highest BCUT2D eigenvalue weighted by molar-refractivity contribution is 6.30. The van der Waals surface area contributed by atoms with Crippen LogP contribution in [0.25, 0.3) is 5.95 Å². The van der Waals surface area contributed by atoms with Crippen molar-refractivity contribution < 1.29 is 5.11 Å². The number of aromatic nitrogens is 5. The highest BCUT2D eigenvalue weighted by Gasteiger charge is 2.13. The summed E-state index contributed by atoms with van der Waals surface area (Å²) in [6.07, 6.45) is 1.51. The van der Waals surface area contributed by atoms with E-state index in [4.69, 9.17) is 11.6 Å². The van der Waals surface area contributed by atoms with Crippen LogP contribution in [0.2, 0.25) is 5.02 Å². The van der Waals surface area contributed by atoms with Crippen molar-refractivity contribution in [2.45, 2.75) is 20.8 Å². The summed E-state index contributed by atoms with van der Waals surface area (Å²) in [5.41, 5.74) is 2.31. The van der Waals surface area contributed by atoms with E-state index >= 15 is 0 Å². The third-order valence-electron chi connectivity index (χ3n) is 3.28. The Hall–Kier alpha value is -2.67. The highest BCUT2D eigenvalue weighted by Crippen LogP contribution is 2.20. The van der Waals surface area contributed by atoms with Crippen molar-refractivity contribution in [3.05, 3.63) is 52.1 Å². The Morgan fingerprint density at radius 1 is 1.17 bits per heavy atom. The summed E-state index contributed by atoms with van der Waals surface area (Å²) < 4.78 is 3.23. The van der Waals surface area contributed by atoms with E-state index < -0.39 is 0 Å². The molecule has 0 atom stereocenters. The van der Waals surface area contributed by atoms with Gasteiger partial charge in [0.25, 0.3) is 5.95 Å². The van der Waals surface area contributed by atoms with Crippen LogP contribution in [-0.2, 0) is 0 Å². The maximum Gasteiger partial charge on any atom is 0.273 e. The number of aryl methyl sites for hydroxylation is 3. The van der Waals surface area contributed by atoms with Gasteiger partial charge >= 0.3 is 0 Å². The van der Waals surface area contributed by atoms with E-state index in [0.29, 0.717) is 22.4 Å².